The summed E-state index contributed by atoms with van der Waals surface area (Å²) in [5.41, 5.74) is 26.8. The number of nitrogens with zero attached hydrogens (tertiary/aromatic N) is 2. The van der Waals surface area contributed by atoms with Gasteiger partial charge in [0, 0.05) is 26.6 Å². The van der Waals surface area contributed by atoms with Crippen molar-refractivity contribution in [3.8, 4) is 0 Å². The predicted molar refractivity (Wildman–Crippen MR) is 309 cm³/mol. The summed E-state index contributed by atoms with van der Waals surface area (Å²) in [5.74, 6) is -12.7. The van der Waals surface area contributed by atoms with Crippen LogP contribution in [0, 0.1) is 0 Å². The van der Waals surface area contributed by atoms with Gasteiger partial charge in [0.15, 0.2) is 11.9 Å². The van der Waals surface area contributed by atoms with Gasteiger partial charge in [-0.05, 0) is 52.9 Å². The Morgan fingerprint density at radius 1 is 0.452 bits per heavy atom. The number of carbonyl (C=O) groups is 12. The molecule has 0 aliphatic carbocycles. The Balaban J connectivity index is 5.73. The van der Waals surface area contributed by atoms with E-state index in [1.807, 2.05) is 0 Å². The number of hydrogen-bond acceptors (Lipinski definition) is 16. The molecule has 0 heterocycles. The van der Waals surface area contributed by atoms with E-state index in [4.69, 9.17) is 28.7 Å². The molecule has 0 saturated carbocycles. The molecule has 11 amide bonds. The van der Waals surface area contributed by atoms with Gasteiger partial charge in [-0.3, -0.25) is 67.5 Å². The third-order valence-corrected chi connectivity index (χ3v) is 12.8. The van der Waals surface area contributed by atoms with Crippen molar-refractivity contribution in [2.45, 2.75) is 211 Å². The standard InChI is InChI=1S/C52H95N17O15/c1-6-7-8-9-10-11-12-13-14-15-16-17-18-23-39(73)69-42(32(4)71)50(84)67-35(26-38(53)72)47(81)62-30(2)43(77)61-28-40(74)64-34(22-20-25-60-52(56)57)46(80)68-37(29-70)49(83)66-36(27-41(75)76)48(82)63-31(3)44(78)65-33(45(79)58-5)21-19-24-59-51(54)55/h30-37,42,70-71H,6-29H2,1-5H3,(H2,53,72)(H,58,79)(H,61,77)(H,62,81)(H,63,82)(H,64,74)(H,65,78)(H,66,83)(H,67,84)(H,68,80)(H,69,73)(H,75,76)(H4,54,55,59)(H4,56,57,60)/t30-,31-,32+,33-,34-,35-,36-,37-,42-/m0/s1. The molecule has 0 aromatic rings. The summed E-state index contributed by atoms with van der Waals surface area (Å²) in [5, 5.41) is 53.1. The number of rotatable bonds is 46. The first-order valence-electron chi connectivity index (χ1n) is 28.5. The number of likely N-dealkylation sites (N-methyl/N-ethyl adjacent to an activating group) is 1. The van der Waals surface area contributed by atoms with Crippen molar-refractivity contribution < 1.29 is 72.9 Å². The summed E-state index contributed by atoms with van der Waals surface area (Å²) in [6.07, 6.45) is 11.4. The lowest BCUT2D eigenvalue weighted by molar-refractivity contribution is -0.141. The molecule has 0 aliphatic heterocycles. The van der Waals surface area contributed by atoms with Crippen molar-refractivity contribution >= 4 is 82.9 Å². The molecule has 0 unspecified atom stereocenters. The van der Waals surface area contributed by atoms with Crippen LogP contribution in [0.25, 0.3) is 0 Å². The normalized spacial score (nSPS) is 14.0. The number of unbranched alkanes of at least 4 members (excludes halogenated alkanes) is 12. The number of guanidine groups is 2. The van der Waals surface area contributed by atoms with E-state index in [2.05, 4.69) is 70.1 Å². The van der Waals surface area contributed by atoms with Gasteiger partial charge in [0.25, 0.3) is 0 Å². The maximum absolute atomic E-state index is 13.6. The van der Waals surface area contributed by atoms with Crippen LogP contribution in [0.5, 0.6) is 0 Å². The van der Waals surface area contributed by atoms with Gasteiger partial charge in [0.05, 0.1) is 32.1 Å². The predicted octanol–water partition coefficient (Wildman–Crippen LogP) is -4.92. The van der Waals surface area contributed by atoms with E-state index in [9.17, 15) is 72.9 Å². The average Bonchev–Trinajstić information content (AvgIpc) is 3.55. The van der Waals surface area contributed by atoms with Gasteiger partial charge < -0.3 is 97.2 Å². The van der Waals surface area contributed by atoms with Crippen molar-refractivity contribution in [1.82, 2.24) is 53.2 Å². The van der Waals surface area contributed by atoms with Crippen LogP contribution in [-0.4, -0.2) is 186 Å². The fourth-order valence-corrected chi connectivity index (χ4v) is 8.09. The molecule has 0 rings (SSSR count). The summed E-state index contributed by atoms with van der Waals surface area (Å²) in [6.45, 7) is 3.96. The maximum Gasteiger partial charge on any atom is 0.305 e. The minimum Gasteiger partial charge on any atom is -0.481 e. The van der Waals surface area contributed by atoms with Gasteiger partial charge in [0.1, 0.15) is 48.3 Å². The van der Waals surface area contributed by atoms with Crippen molar-refractivity contribution in [3.05, 3.63) is 0 Å². The number of carboxylic acids is 1. The fourth-order valence-electron chi connectivity index (χ4n) is 8.09. The zero-order chi connectivity index (χ0) is 63.7. The van der Waals surface area contributed by atoms with Crippen molar-refractivity contribution in [1.29, 1.82) is 0 Å². The molecule has 32 nitrogen and oxygen atoms in total. The molecule has 84 heavy (non-hydrogen) atoms. The molecule has 0 radical (unpaired) electrons. The van der Waals surface area contributed by atoms with E-state index in [1.165, 1.54) is 79.2 Å². The number of primary amides is 1. The number of aliphatic imine (C=N–C) groups is 2. The smallest absolute Gasteiger partial charge is 0.305 e. The molecule has 0 bridgehead atoms. The van der Waals surface area contributed by atoms with Crippen LogP contribution in [0.4, 0.5) is 0 Å². The van der Waals surface area contributed by atoms with Crippen LogP contribution < -0.4 is 81.8 Å². The Hall–Kier alpha value is -7.90. The molecule has 23 N–H and O–H groups in total. The summed E-state index contributed by atoms with van der Waals surface area (Å²) < 4.78 is 0. The largest absolute Gasteiger partial charge is 0.481 e. The van der Waals surface area contributed by atoms with Crippen LogP contribution in [0.2, 0.25) is 0 Å². The SMILES string of the molecule is CCCCCCCCCCCCCCCC(=O)N[C@H](C(=O)N[C@@H](CC(N)=O)C(=O)N[C@@H](C)C(=O)NCC(=O)N[C@@H](CCCN=C(N)N)C(=O)N[C@@H](CO)C(=O)N[C@@H](CC(=O)O)C(=O)N[C@@H](C)C(=O)N[C@@H](CCCN=C(N)N)C(=O)NC)[C@@H](C)O. The second kappa shape index (κ2) is 43.7. The van der Waals surface area contributed by atoms with Gasteiger partial charge >= 0.3 is 5.97 Å². The Bertz CT molecular complexity index is 2190. The van der Waals surface area contributed by atoms with E-state index in [0.29, 0.717) is 6.42 Å². The molecule has 32 heteroatoms. The lowest BCUT2D eigenvalue weighted by atomic mass is 10.0. The lowest BCUT2D eigenvalue weighted by Gasteiger charge is -2.25. The number of carbonyl (C=O) groups excluding carboxylic acids is 11. The zero-order valence-electron chi connectivity index (χ0n) is 49.2. The molecular weight excluding hydrogens is 1100 g/mol. The minimum atomic E-state index is -1.89. The Morgan fingerprint density at radius 3 is 1.32 bits per heavy atom. The second-order valence-corrected chi connectivity index (χ2v) is 20.3. The Kier molecular flexibility index (Phi) is 39.6. The summed E-state index contributed by atoms with van der Waals surface area (Å²) in [7, 11) is 1.33. The number of nitrogens with two attached hydrogens (primary N) is 5. The van der Waals surface area contributed by atoms with E-state index in [1.54, 1.807) is 0 Å². The number of aliphatic hydroxyl groups excluding tert-OH is 2. The molecule has 0 saturated heterocycles. The quantitative estimate of drug-likeness (QED) is 0.0154. The Morgan fingerprint density at radius 2 is 0.869 bits per heavy atom. The lowest BCUT2D eigenvalue weighted by Crippen LogP contribution is -2.60. The van der Waals surface area contributed by atoms with Crippen molar-refractivity contribution in [2.24, 2.45) is 38.7 Å². The van der Waals surface area contributed by atoms with Gasteiger partial charge in [0.2, 0.25) is 65.0 Å². The molecular formula is C52H95N17O15. The highest BCUT2D eigenvalue weighted by Gasteiger charge is 2.34. The summed E-state index contributed by atoms with van der Waals surface area (Å²) >= 11 is 0. The van der Waals surface area contributed by atoms with Gasteiger partial charge in [-0.2, -0.15) is 0 Å². The highest BCUT2D eigenvalue weighted by atomic mass is 16.4. The summed E-state index contributed by atoms with van der Waals surface area (Å²) in [6, 6.07) is -12.5. The van der Waals surface area contributed by atoms with Crippen molar-refractivity contribution in [3.63, 3.8) is 0 Å². The van der Waals surface area contributed by atoms with Crippen molar-refractivity contribution in [2.75, 3.05) is 33.3 Å². The van der Waals surface area contributed by atoms with Crippen LogP contribution >= 0.6 is 0 Å². The molecule has 9 atom stereocenters. The topological polar surface area (TPSA) is 541 Å². The number of aliphatic hydroxyl groups is 2. The van der Waals surface area contributed by atoms with Gasteiger partial charge in [-0.1, -0.05) is 84.0 Å². The molecule has 0 aliphatic rings. The highest BCUT2D eigenvalue weighted by molar-refractivity contribution is 5.99. The first-order chi connectivity index (χ1) is 39.7. The first-order valence-corrected chi connectivity index (χ1v) is 28.5. The van der Waals surface area contributed by atoms with E-state index in [-0.39, 0.29) is 57.1 Å². The first kappa shape index (κ1) is 76.1. The maximum atomic E-state index is 13.6. The van der Waals surface area contributed by atoms with Crippen LogP contribution in [0.15, 0.2) is 9.98 Å². The minimum absolute atomic E-state index is 0.0307. The monoisotopic (exact) mass is 1200 g/mol. The van der Waals surface area contributed by atoms with Crippen LogP contribution in [-0.2, 0) is 57.5 Å². The zero-order valence-corrected chi connectivity index (χ0v) is 49.2. The third kappa shape index (κ3) is 35.2. The van der Waals surface area contributed by atoms with Gasteiger partial charge in [-0.25, -0.2) is 0 Å². The van der Waals surface area contributed by atoms with E-state index < -0.39 is 151 Å². The van der Waals surface area contributed by atoms with Gasteiger partial charge in [-0.15, -0.1) is 0 Å². The number of amides is 11. The highest BCUT2D eigenvalue weighted by Crippen LogP contribution is 2.13. The van der Waals surface area contributed by atoms with Crippen LogP contribution in [0.1, 0.15) is 156 Å². The molecule has 0 fully saturated rings. The summed E-state index contributed by atoms with van der Waals surface area (Å²) in [4.78, 5) is 163. The average molecular weight is 1200 g/mol. The van der Waals surface area contributed by atoms with E-state index >= 15 is 0 Å². The second-order valence-electron chi connectivity index (χ2n) is 20.3. The number of aliphatic carboxylic acids is 1. The molecule has 478 valence electrons. The fraction of sp³-hybridized carbons (Fsp3) is 0.731. The number of nitrogens with one attached hydrogen (secondary N) is 10. The molecule has 0 spiro atoms. The number of carboxylic acid groups (broad SMARTS) is 1. The van der Waals surface area contributed by atoms with E-state index in [0.717, 1.165) is 25.7 Å². The molecule has 0 aromatic carbocycles. The number of hydrogen-bond donors (Lipinski definition) is 18. The Labute approximate surface area is 490 Å². The van der Waals surface area contributed by atoms with Crippen LogP contribution in [0.3, 0.4) is 0 Å². The molecule has 0 aromatic heterocycles. The third-order valence-electron chi connectivity index (χ3n) is 12.8.